The minimum atomic E-state index is -1.02. The first-order valence-corrected chi connectivity index (χ1v) is 7.53. The monoisotopic (exact) mass is 319 g/mol. The van der Waals surface area contributed by atoms with Gasteiger partial charge in [-0.25, -0.2) is 4.79 Å². The molecule has 0 aliphatic rings. The maximum atomic E-state index is 11.2. The number of hydrogen-bond donors (Lipinski definition) is 2. The van der Waals surface area contributed by atoms with Crippen molar-refractivity contribution in [3.05, 3.63) is 53.1 Å². The van der Waals surface area contributed by atoms with E-state index in [1.165, 1.54) is 6.07 Å². The van der Waals surface area contributed by atoms with E-state index in [2.05, 4.69) is 12.2 Å². The summed E-state index contributed by atoms with van der Waals surface area (Å²) in [4.78, 5) is 11.2. The van der Waals surface area contributed by atoms with Crippen LogP contribution in [0.3, 0.4) is 0 Å². The molecule has 0 aliphatic carbocycles. The lowest BCUT2D eigenvalue weighted by molar-refractivity contribution is 0.0697. The highest BCUT2D eigenvalue weighted by molar-refractivity contribution is 6.33. The van der Waals surface area contributed by atoms with Crippen LogP contribution >= 0.6 is 11.6 Å². The fourth-order valence-electron chi connectivity index (χ4n) is 1.96. The molecule has 0 atom stereocenters. The number of halogens is 1. The molecule has 0 unspecified atom stereocenters. The first-order chi connectivity index (χ1) is 10.6. The molecule has 2 aromatic carbocycles. The van der Waals surface area contributed by atoms with Gasteiger partial charge in [-0.2, -0.15) is 0 Å². The lowest BCUT2D eigenvalue weighted by Crippen LogP contribution is -2.05. The maximum Gasteiger partial charge on any atom is 0.335 e. The van der Waals surface area contributed by atoms with E-state index in [-0.39, 0.29) is 10.6 Å². The Hall–Kier alpha value is -2.20. The van der Waals surface area contributed by atoms with Crippen LogP contribution < -0.4 is 10.1 Å². The number of aromatic carboxylic acids is 1. The van der Waals surface area contributed by atoms with Gasteiger partial charge in [0.1, 0.15) is 5.75 Å². The number of carboxylic acids is 1. The second-order valence-electron chi connectivity index (χ2n) is 4.84. The molecule has 2 N–H and O–H groups in total. The molecule has 0 spiro atoms. The topological polar surface area (TPSA) is 58.6 Å². The van der Waals surface area contributed by atoms with Crippen molar-refractivity contribution < 1.29 is 14.6 Å². The molecule has 0 saturated heterocycles. The minimum absolute atomic E-state index is 0.129. The number of unbranched alkanes of at least 4 members (excludes halogenated alkanes) is 1. The first kappa shape index (κ1) is 16.2. The molecule has 0 saturated carbocycles. The normalized spacial score (nSPS) is 10.3. The van der Waals surface area contributed by atoms with Gasteiger partial charge in [0.2, 0.25) is 0 Å². The van der Waals surface area contributed by atoms with Crippen molar-refractivity contribution in [1.29, 1.82) is 0 Å². The van der Waals surface area contributed by atoms with Crippen molar-refractivity contribution in [2.45, 2.75) is 19.8 Å². The maximum absolute atomic E-state index is 11.2. The van der Waals surface area contributed by atoms with Gasteiger partial charge in [-0.15, -0.1) is 0 Å². The van der Waals surface area contributed by atoms with Crippen molar-refractivity contribution in [3.63, 3.8) is 0 Å². The Morgan fingerprint density at radius 1 is 1.27 bits per heavy atom. The minimum Gasteiger partial charge on any atom is -0.478 e. The number of carboxylic acid groups (broad SMARTS) is 1. The predicted molar refractivity (Wildman–Crippen MR) is 88.3 cm³/mol. The molecule has 0 aliphatic heterocycles. The van der Waals surface area contributed by atoms with Gasteiger partial charge in [-0.3, -0.25) is 0 Å². The number of hydrogen-bond acceptors (Lipinski definition) is 3. The molecule has 0 aromatic heterocycles. The van der Waals surface area contributed by atoms with Gasteiger partial charge in [-0.1, -0.05) is 43.1 Å². The first-order valence-electron chi connectivity index (χ1n) is 7.15. The number of carbonyl (C=O) groups is 1. The molecule has 4 nitrogen and oxygen atoms in total. The lowest BCUT2D eigenvalue weighted by atomic mass is 10.1. The average molecular weight is 320 g/mol. The van der Waals surface area contributed by atoms with Crippen molar-refractivity contribution in [3.8, 4) is 11.5 Å². The summed E-state index contributed by atoms with van der Waals surface area (Å²) in [6.07, 6.45) is 2.01. The molecule has 0 fully saturated rings. The summed E-state index contributed by atoms with van der Waals surface area (Å²) in [5.41, 5.74) is 0.714. The summed E-state index contributed by atoms with van der Waals surface area (Å²) in [6.45, 7) is 2.81. The Morgan fingerprint density at radius 2 is 2.00 bits per heavy atom. The fourth-order valence-corrected chi connectivity index (χ4v) is 2.22. The molecule has 0 bridgehead atoms. The number of ether oxygens (including phenoxy) is 1. The fraction of sp³-hybridized carbons (Fsp3) is 0.235. The number of para-hydroxylation sites is 1. The zero-order valence-corrected chi connectivity index (χ0v) is 13.1. The van der Waals surface area contributed by atoms with Gasteiger partial charge >= 0.3 is 5.97 Å². The summed E-state index contributed by atoms with van der Waals surface area (Å²) in [5.74, 6) is 0.0617. The number of rotatable bonds is 7. The van der Waals surface area contributed by atoms with Crippen molar-refractivity contribution in [2.75, 3.05) is 11.9 Å². The smallest absolute Gasteiger partial charge is 0.335 e. The van der Waals surface area contributed by atoms with Gasteiger partial charge in [0.25, 0.3) is 0 Å². The van der Waals surface area contributed by atoms with Crippen LogP contribution in [0, 0.1) is 0 Å². The van der Waals surface area contributed by atoms with E-state index >= 15 is 0 Å². The van der Waals surface area contributed by atoms with Gasteiger partial charge in [0.15, 0.2) is 5.75 Å². The molecule has 0 heterocycles. The van der Waals surface area contributed by atoms with Crippen molar-refractivity contribution >= 4 is 23.3 Å². The molecule has 2 aromatic rings. The number of nitrogens with one attached hydrogen (secondary N) is 1. The quantitative estimate of drug-likeness (QED) is 0.702. The Kier molecular flexibility index (Phi) is 5.67. The Morgan fingerprint density at radius 3 is 2.64 bits per heavy atom. The summed E-state index contributed by atoms with van der Waals surface area (Å²) in [5, 5.41) is 12.6. The van der Waals surface area contributed by atoms with E-state index in [1.54, 1.807) is 6.07 Å². The molecule has 0 amide bonds. The Labute approximate surface area is 134 Å². The van der Waals surface area contributed by atoms with E-state index in [4.69, 9.17) is 21.4 Å². The predicted octanol–water partition coefficient (Wildman–Crippen LogP) is 5.04. The van der Waals surface area contributed by atoms with E-state index < -0.39 is 5.97 Å². The van der Waals surface area contributed by atoms with Crippen molar-refractivity contribution in [1.82, 2.24) is 0 Å². The Balaban J connectivity index is 2.34. The third-order valence-electron chi connectivity index (χ3n) is 3.10. The van der Waals surface area contributed by atoms with Crippen LogP contribution in [0.15, 0.2) is 42.5 Å². The van der Waals surface area contributed by atoms with Crippen LogP contribution in [0.25, 0.3) is 0 Å². The molecular weight excluding hydrogens is 302 g/mol. The van der Waals surface area contributed by atoms with Gasteiger partial charge in [-0.05, 0) is 30.7 Å². The zero-order valence-electron chi connectivity index (χ0n) is 12.3. The lowest BCUT2D eigenvalue weighted by Gasteiger charge is -2.15. The van der Waals surface area contributed by atoms with Gasteiger partial charge < -0.3 is 15.2 Å². The molecule has 22 heavy (non-hydrogen) atoms. The third-order valence-corrected chi connectivity index (χ3v) is 3.38. The molecule has 116 valence electrons. The third kappa shape index (κ3) is 4.15. The molecule has 5 heteroatoms. The van der Waals surface area contributed by atoms with E-state index in [0.717, 1.165) is 19.4 Å². The van der Waals surface area contributed by atoms with Crippen LogP contribution in [0.4, 0.5) is 5.69 Å². The largest absolute Gasteiger partial charge is 0.478 e. The van der Waals surface area contributed by atoms with Crippen molar-refractivity contribution in [2.24, 2.45) is 0 Å². The summed E-state index contributed by atoms with van der Waals surface area (Å²) in [6, 6.07) is 12.2. The van der Waals surface area contributed by atoms with Crippen LogP contribution in [-0.2, 0) is 0 Å². The molecule has 2 rings (SSSR count). The van der Waals surface area contributed by atoms with E-state index in [0.29, 0.717) is 17.2 Å². The summed E-state index contributed by atoms with van der Waals surface area (Å²) < 4.78 is 5.82. The average Bonchev–Trinajstić information content (AvgIpc) is 2.51. The second-order valence-corrected chi connectivity index (χ2v) is 5.24. The van der Waals surface area contributed by atoms with Crippen LogP contribution in [-0.4, -0.2) is 17.6 Å². The highest BCUT2D eigenvalue weighted by atomic mass is 35.5. The zero-order chi connectivity index (χ0) is 15.9. The molecular formula is C17H18ClNO3. The highest BCUT2D eigenvalue weighted by Crippen LogP contribution is 2.38. The van der Waals surface area contributed by atoms with Crippen LogP contribution in [0.2, 0.25) is 5.02 Å². The van der Waals surface area contributed by atoms with E-state index in [9.17, 15) is 4.79 Å². The SMILES string of the molecule is CCCCNc1cc(C(=O)O)cc(Cl)c1Oc1ccccc1. The van der Waals surface area contributed by atoms with Gasteiger partial charge in [0.05, 0.1) is 16.3 Å². The standard InChI is InChI=1S/C17H18ClNO3/c1-2-3-9-19-15-11-12(17(20)21)10-14(18)16(15)22-13-7-5-4-6-8-13/h4-8,10-11,19H,2-3,9H2,1H3,(H,20,21). The van der Waals surface area contributed by atoms with E-state index in [1.807, 2.05) is 30.3 Å². The summed E-state index contributed by atoms with van der Waals surface area (Å²) in [7, 11) is 0. The second kappa shape index (κ2) is 7.71. The number of anilines is 1. The van der Waals surface area contributed by atoms with Crippen LogP contribution in [0.5, 0.6) is 11.5 Å². The molecule has 0 radical (unpaired) electrons. The summed E-state index contributed by atoms with van der Waals surface area (Å²) >= 11 is 6.21. The number of benzene rings is 2. The highest BCUT2D eigenvalue weighted by Gasteiger charge is 2.15. The van der Waals surface area contributed by atoms with Crippen LogP contribution in [0.1, 0.15) is 30.1 Å². The van der Waals surface area contributed by atoms with Gasteiger partial charge in [0, 0.05) is 6.54 Å². The Bertz CT molecular complexity index is 644.